The van der Waals surface area contributed by atoms with E-state index in [9.17, 15) is 16.8 Å². The van der Waals surface area contributed by atoms with Crippen LogP contribution in [0.3, 0.4) is 0 Å². The molecule has 1 rings (SSSR count). The minimum absolute atomic E-state index is 0.00546. The molecular weight excluding hydrogens is 316 g/mol. The molecule has 0 atom stereocenters. The van der Waals surface area contributed by atoms with Crippen molar-refractivity contribution in [2.24, 2.45) is 0 Å². The van der Waals surface area contributed by atoms with E-state index < -0.39 is 20.0 Å². The minimum atomic E-state index is -3.82. The SMILES string of the molecule is CCNc1ncccc1S(=O)(=O)NCCS(=O)(=O)N(C)C. The van der Waals surface area contributed by atoms with E-state index in [0.717, 1.165) is 4.31 Å². The number of hydrogen-bond acceptors (Lipinski definition) is 6. The maximum atomic E-state index is 12.2. The van der Waals surface area contributed by atoms with Crippen molar-refractivity contribution >= 4 is 25.9 Å². The molecule has 2 N–H and O–H groups in total. The Kier molecular flexibility index (Phi) is 6.08. The molecule has 120 valence electrons. The Hall–Kier alpha value is -1.23. The van der Waals surface area contributed by atoms with E-state index in [2.05, 4.69) is 15.0 Å². The Balaban J connectivity index is 2.84. The standard InChI is InChI=1S/C11H20N4O4S2/c1-4-12-11-10(6-5-7-13-11)21(18,19)14-8-9-20(16,17)15(2)3/h5-7,14H,4,8-9H2,1-3H3,(H,12,13). The van der Waals surface area contributed by atoms with Crippen LogP contribution >= 0.6 is 0 Å². The Morgan fingerprint density at radius 1 is 1.24 bits per heavy atom. The molecule has 0 aromatic carbocycles. The fraction of sp³-hybridized carbons (Fsp3) is 0.545. The predicted molar refractivity (Wildman–Crippen MR) is 81.1 cm³/mol. The Labute approximate surface area is 125 Å². The summed E-state index contributed by atoms with van der Waals surface area (Å²) >= 11 is 0. The number of nitrogens with one attached hydrogen (secondary N) is 2. The molecule has 0 aliphatic carbocycles. The topological polar surface area (TPSA) is 108 Å². The van der Waals surface area contributed by atoms with Crippen LogP contribution in [-0.4, -0.2) is 59.1 Å². The molecule has 0 aliphatic rings. The Morgan fingerprint density at radius 2 is 1.90 bits per heavy atom. The van der Waals surface area contributed by atoms with Crippen molar-refractivity contribution in [3.63, 3.8) is 0 Å². The van der Waals surface area contributed by atoms with Gasteiger partial charge in [0.05, 0.1) is 5.75 Å². The summed E-state index contributed by atoms with van der Waals surface area (Å²) in [7, 11) is -4.47. The summed E-state index contributed by atoms with van der Waals surface area (Å²) in [6.07, 6.45) is 1.48. The highest BCUT2D eigenvalue weighted by molar-refractivity contribution is 7.90. The normalized spacial score (nSPS) is 12.6. The van der Waals surface area contributed by atoms with Gasteiger partial charge >= 0.3 is 0 Å². The molecule has 1 aromatic rings. The van der Waals surface area contributed by atoms with Crippen molar-refractivity contribution in [3.05, 3.63) is 18.3 Å². The second-order valence-corrected chi connectivity index (χ2v) is 8.41. The summed E-state index contributed by atoms with van der Waals surface area (Å²) in [4.78, 5) is 3.96. The van der Waals surface area contributed by atoms with Crippen molar-refractivity contribution in [1.29, 1.82) is 0 Å². The highest BCUT2D eigenvalue weighted by atomic mass is 32.2. The van der Waals surface area contributed by atoms with Gasteiger partial charge in [-0.3, -0.25) is 0 Å². The van der Waals surface area contributed by atoms with Crippen molar-refractivity contribution in [2.75, 3.05) is 38.3 Å². The van der Waals surface area contributed by atoms with Gasteiger partial charge in [-0.1, -0.05) is 0 Å². The number of aromatic nitrogens is 1. The first kappa shape index (κ1) is 17.8. The van der Waals surface area contributed by atoms with Gasteiger partial charge in [0.15, 0.2) is 0 Å². The first-order chi connectivity index (χ1) is 9.70. The Morgan fingerprint density at radius 3 is 2.48 bits per heavy atom. The summed E-state index contributed by atoms with van der Waals surface area (Å²) in [6, 6.07) is 2.92. The van der Waals surface area contributed by atoms with Crippen LogP contribution in [0.1, 0.15) is 6.92 Å². The lowest BCUT2D eigenvalue weighted by Crippen LogP contribution is -2.34. The molecule has 0 amide bonds. The van der Waals surface area contributed by atoms with Gasteiger partial charge in [-0.2, -0.15) is 0 Å². The van der Waals surface area contributed by atoms with Crippen LogP contribution in [0.25, 0.3) is 0 Å². The molecule has 0 spiro atoms. The van der Waals surface area contributed by atoms with Crippen molar-refractivity contribution < 1.29 is 16.8 Å². The van der Waals surface area contributed by atoms with Gasteiger partial charge in [-0.15, -0.1) is 0 Å². The molecule has 0 fully saturated rings. The van der Waals surface area contributed by atoms with Crippen LogP contribution in [0.5, 0.6) is 0 Å². The second-order valence-electron chi connectivity index (χ2n) is 4.38. The largest absolute Gasteiger partial charge is 0.369 e. The molecule has 0 aliphatic heterocycles. The van der Waals surface area contributed by atoms with Crippen LogP contribution in [0, 0.1) is 0 Å². The maximum absolute atomic E-state index is 12.2. The maximum Gasteiger partial charge on any atom is 0.244 e. The number of hydrogen-bond donors (Lipinski definition) is 2. The van der Waals surface area contributed by atoms with Crippen LogP contribution in [0.15, 0.2) is 23.2 Å². The van der Waals surface area contributed by atoms with Gasteiger partial charge in [0, 0.05) is 33.4 Å². The van der Waals surface area contributed by atoms with Gasteiger partial charge in [-0.25, -0.2) is 30.8 Å². The fourth-order valence-electron chi connectivity index (χ4n) is 1.47. The van der Waals surface area contributed by atoms with Crippen LogP contribution in [0.4, 0.5) is 5.82 Å². The number of sulfonamides is 2. The van der Waals surface area contributed by atoms with E-state index in [1.807, 2.05) is 6.92 Å². The molecule has 0 bridgehead atoms. The molecule has 1 aromatic heterocycles. The zero-order valence-electron chi connectivity index (χ0n) is 12.2. The third kappa shape index (κ3) is 4.92. The van der Waals surface area contributed by atoms with Gasteiger partial charge in [0.2, 0.25) is 20.0 Å². The van der Waals surface area contributed by atoms with E-state index in [4.69, 9.17) is 0 Å². The van der Waals surface area contributed by atoms with E-state index in [1.54, 1.807) is 0 Å². The van der Waals surface area contributed by atoms with Crippen molar-refractivity contribution in [1.82, 2.24) is 14.0 Å². The van der Waals surface area contributed by atoms with Gasteiger partial charge in [0.1, 0.15) is 10.7 Å². The van der Waals surface area contributed by atoms with Crippen LogP contribution in [0.2, 0.25) is 0 Å². The lowest BCUT2D eigenvalue weighted by molar-refractivity contribution is 0.519. The number of rotatable bonds is 8. The van der Waals surface area contributed by atoms with E-state index >= 15 is 0 Å². The molecule has 0 radical (unpaired) electrons. The summed E-state index contributed by atoms with van der Waals surface area (Å²) in [5.41, 5.74) is 0. The zero-order chi connectivity index (χ0) is 16.1. The smallest absolute Gasteiger partial charge is 0.244 e. The molecule has 0 unspecified atom stereocenters. The molecule has 10 heteroatoms. The number of nitrogens with zero attached hydrogens (tertiary/aromatic N) is 2. The van der Waals surface area contributed by atoms with Crippen molar-refractivity contribution in [3.8, 4) is 0 Å². The lowest BCUT2D eigenvalue weighted by Gasteiger charge is -2.13. The summed E-state index contributed by atoms with van der Waals surface area (Å²) in [5.74, 6) is -0.0706. The van der Waals surface area contributed by atoms with E-state index in [-0.39, 0.29) is 23.0 Å². The number of anilines is 1. The van der Waals surface area contributed by atoms with Gasteiger partial charge in [-0.05, 0) is 19.1 Å². The summed E-state index contributed by atoms with van der Waals surface area (Å²) in [6.45, 7) is 2.14. The highest BCUT2D eigenvalue weighted by Gasteiger charge is 2.20. The zero-order valence-corrected chi connectivity index (χ0v) is 13.8. The number of pyridine rings is 1. The summed E-state index contributed by atoms with van der Waals surface area (Å²) < 4.78 is 50.9. The predicted octanol–water partition coefficient (Wildman–Crippen LogP) is -0.317. The average Bonchev–Trinajstić information content (AvgIpc) is 2.39. The van der Waals surface area contributed by atoms with Gasteiger partial charge < -0.3 is 5.32 Å². The molecule has 8 nitrogen and oxygen atoms in total. The third-order valence-corrected chi connectivity index (χ3v) is 5.94. The van der Waals surface area contributed by atoms with Crippen LogP contribution < -0.4 is 10.0 Å². The molecule has 0 saturated heterocycles. The van der Waals surface area contributed by atoms with Crippen LogP contribution in [-0.2, 0) is 20.0 Å². The third-order valence-electron chi connectivity index (χ3n) is 2.61. The van der Waals surface area contributed by atoms with Crippen molar-refractivity contribution in [2.45, 2.75) is 11.8 Å². The van der Waals surface area contributed by atoms with E-state index in [0.29, 0.717) is 6.54 Å². The molecular formula is C11H20N4O4S2. The summed E-state index contributed by atoms with van der Waals surface area (Å²) in [5, 5.41) is 2.85. The highest BCUT2D eigenvalue weighted by Crippen LogP contribution is 2.17. The quantitative estimate of drug-likeness (QED) is 0.674. The second kappa shape index (κ2) is 7.16. The average molecular weight is 336 g/mol. The minimum Gasteiger partial charge on any atom is -0.369 e. The lowest BCUT2D eigenvalue weighted by atomic mass is 10.4. The Bertz CT molecular complexity index is 671. The van der Waals surface area contributed by atoms with Gasteiger partial charge in [0.25, 0.3) is 0 Å². The molecule has 0 saturated carbocycles. The fourth-order valence-corrected chi connectivity index (χ4v) is 3.49. The first-order valence-electron chi connectivity index (χ1n) is 6.29. The molecule has 1 heterocycles. The van der Waals surface area contributed by atoms with E-state index in [1.165, 1.54) is 32.4 Å². The molecule has 21 heavy (non-hydrogen) atoms. The first-order valence-corrected chi connectivity index (χ1v) is 9.38. The monoisotopic (exact) mass is 336 g/mol.